The van der Waals surface area contributed by atoms with Crippen molar-refractivity contribution in [2.24, 2.45) is 0 Å². The van der Waals surface area contributed by atoms with E-state index >= 15 is 0 Å². The van der Waals surface area contributed by atoms with Gasteiger partial charge < -0.3 is 25.0 Å². The maximum absolute atomic E-state index is 9.01. The first-order chi connectivity index (χ1) is 8.85. The first-order valence-electron chi connectivity index (χ1n) is 6.17. The summed E-state index contributed by atoms with van der Waals surface area (Å²) in [6, 6.07) is 5.44. The zero-order chi connectivity index (χ0) is 12.8. The van der Waals surface area contributed by atoms with Crippen LogP contribution in [-0.2, 0) is 6.54 Å². The molecule has 0 radical (unpaired) electrons. The van der Waals surface area contributed by atoms with Crippen LogP contribution >= 0.6 is 0 Å². The summed E-state index contributed by atoms with van der Waals surface area (Å²) in [5.74, 6) is 1.52. The second-order valence-corrected chi connectivity index (χ2v) is 4.24. The average molecular weight is 253 g/mol. The first-order valence-corrected chi connectivity index (χ1v) is 6.17. The molecule has 0 unspecified atom stereocenters. The molecule has 1 aliphatic heterocycles. The van der Waals surface area contributed by atoms with Gasteiger partial charge in [-0.25, -0.2) is 0 Å². The highest BCUT2D eigenvalue weighted by Gasteiger charge is 2.15. The van der Waals surface area contributed by atoms with Crippen molar-refractivity contribution in [2.75, 3.05) is 26.4 Å². The van der Waals surface area contributed by atoms with Crippen molar-refractivity contribution >= 4 is 0 Å². The van der Waals surface area contributed by atoms with E-state index in [2.05, 4.69) is 5.32 Å². The van der Waals surface area contributed by atoms with Crippen molar-refractivity contribution in [1.82, 2.24) is 5.32 Å². The monoisotopic (exact) mass is 253 g/mol. The van der Waals surface area contributed by atoms with E-state index in [9.17, 15) is 0 Å². The lowest BCUT2D eigenvalue weighted by Crippen LogP contribution is -2.35. The van der Waals surface area contributed by atoms with Gasteiger partial charge in [0.05, 0.1) is 32.5 Å². The zero-order valence-corrected chi connectivity index (χ0v) is 10.3. The van der Waals surface area contributed by atoms with Gasteiger partial charge in [-0.1, -0.05) is 12.1 Å². The molecule has 0 amide bonds. The molecule has 0 atom stereocenters. The Morgan fingerprint density at radius 3 is 2.72 bits per heavy atom. The number of aliphatic hydroxyl groups is 2. The third-order valence-electron chi connectivity index (χ3n) is 2.88. The van der Waals surface area contributed by atoms with E-state index in [0.29, 0.717) is 19.8 Å². The number of benzene rings is 1. The van der Waals surface area contributed by atoms with E-state index in [1.807, 2.05) is 18.2 Å². The van der Waals surface area contributed by atoms with Gasteiger partial charge in [-0.2, -0.15) is 0 Å². The Morgan fingerprint density at radius 1 is 1.17 bits per heavy atom. The zero-order valence-electron chi connectivity index (χ0n) is 10.3. The number of rotatable bonds is 5. The Balaban J connectivity index is 2.08. The lowest BCUT2D eigenvalue weighted by Gasteiger charge is -2.16. The minimum atomic E-state index is -0.312. The molecule has 0 spiro atoms. The molecule has 18 heavy (non-hydrogen) atoms. The van der Waals surface area contributed by atoms with Crippen molar-refractivity contribution in [1.29, 1.82) is 0 Å². The Labute approximate surface area is 106 Å². The van der Waals surface area contributed by atoms with Gasteiger partial charge in [-0.05, 0) is 6.07 Å². The standard InChI is InChI=1S/C13H19NO4/c15-8-11(9-16)14-7-10-3-1-4-12-13(10)18-6-2-5-17-12/h1,3-4,11,14-16H,2,5-9H2. The fourth-order valence-electron chi connectivity index (χ4n) is 1.83. The smallest absolute Gasteiger partial charge is 0.165 e. The molecule has 100 valence electrons. The molecule has 0 fully saturated rings. The summed E-state index contributed by atoms with van der Waals surface area (Å²) < 4.78 is 11.3. The highest BCUT2D eigenvalue weighted by molar-refractivity contribution is 5.47. The van der Waals surface area contributed by atoms with Gasteiger partial charge in [-0.3, -0.25) is 0 Å². The van der Waals surface area contributed by atoms with E-state index < -0.39 is 0 Å². The summed E-state index contributed by atoms with van der Waals surface area (Å²) in [5, 5.41) is 21.1. The van der Waals surface area contributed by atoms with Gasteiger partial charge in [0.15, 0.2) is 11.5 Å². The minimum absolute atomic E-state index is 0.0944. The highest BCUT2D eigenvalue weighted by Crippen LogP contribution is 2.33. The predicted octanol–water partition coefficient (Wildman–Crippen LogP) is 0.291. The van der Waals surface area contributed by atoms with Crippen molar-refractivity contribution in [3.8, 4) is 11.5 Å². The maximum atomic E-state index is 9.01. The molecule has 0 bridgehead atoms. The third kappa shape index (κ3) is 3.13. The lowest BCUT2D eigenvalue weighted by molar-refractivity contribution is 0.170. The fraction of sp³-hybridized carbons (Fsp3) is 0.538. The van der Waals surface area contributed by atoms with Crippen LogP contribution < -0.4 is 14.8 Å². The third-order valence-corrected chi connectivity index (χ3v) is 2.88. The van der Waals surface area contributed by atoms with Crippen LogP contribution in [0.1, 0.15) is 12.0 Å². The number of para-hydroxylation sites is 1. The van der Waals surface area contributed by atoms with Gasteiger partial charge in [0.25, 0.3) is 0 Å². The minimum Gasteiger partial charge on any atom is -0.490 e. The van der Waals surface area contributed by atoms with Crippen LogP contribution in [0.15, 0.2) is 18.2 Å². The number of fused-ring (bicyclic) bond motifs is 1. The summed E-state index contributed by atoms with van der Waals surface area (Å²) in [4.78, 5) is 0. The topological polar surface area (TPSA) is 71.0 Å². The van der Waals surface area contributed by atoms with E-state index in [1.54, 1.807) is 0 Å². The Hall–Kier alpha value is -1.30. The largest absolute Gasteiger partial charge is 0.490 e. The summed E-state index contributed by atoms with van der Waals surface area (Å²) in [6.45, 7) is 1.65. The molecule has 0 aliphatic carbocycles. The second kappa shape index (κ2) is 6.58. The number of hydrogen-bond donors (Lipinski definition) is 3. The van der Waals surface area contributed by atoms with Crippen molar-refractivity contribution < 1.29 is 19.7 Å². The molecule has 0 saturated carbocycles. The van der Waals surface area contributed by atoms with Gasteiger partial charge in [0, 0.05) is 18.5 Å². The quantitative estimate of drug-likeness (QED) is 0.703. The predicted molar refractivity (Wildman–Crippen MR) is 66.8 cm³/mol. The molecule has 1 aromatic carbocycles. The number of hydrogen-bond acceptors (Lipinski definition) is 5. The molecule has 1 heterocycles. The molecule has 5 heteroatoms. The molecular formula is C13H19NO4. The van der Waals surface area contributed by atoms with Crippen molar-refractivity contribution in [3.05, 3.63) is 23.8 Å². The molecule has 5 nitrogen and oxygen atoms in total. The molecular weight excluding hydrogens is 234 g/mol. The average Bonchev–Trinajstić information content (AvgIpc) is 2.65. The van der Waals surface area contributed by atoms with Crippen LogP contribution in [0.3, 0.4) is 0 Å². The number of nitrogens with one attached hydrogen (secondary N) is 1. The van der Waals surface area contributed by atoms with Crippen LogP contribution in [0, 0.1) is 0 Å². The molecule has 2 rings (SSSR count). The van der Waals surface area contributed by atoms with E-state index in [4.69, 9.17) is 19.7 Å². The molecule has 0 saturated heterocycles. The van der Waals surface area contributed by atoms with Crippen LogP contribution in [0.5, 0.6) is 11.5 Å². The van der Waals surface area contributed by atoms with Crippen molar-refractivity contribution in [3.63, 3.8) is 0 Å². The number of ether oxygens (including phenoxy) is 2. The van der Waals surface area contributed by atoms with Gasteiger partial charge in [0.1, 0.15) is 0 Å². The summed E-state index contributed by atoms with van der Waals surface area (Å²) >= 11 is 0. The highest BCUT2D eigenvalue weighted by atomic mass is 16.5. The lowest BCUT2D eigenvalue weighted by atomic mass is 10.1. The van der Waals surface area contributed by atoms with E-state index in [0.717, 1.165) is 23.5 Å². The SMILES string of the molecule is OCC(CO)NCc1cccc2c1OCCCO2. The van der Waals surface area contributed by atoms with Crippen LogP contribution in [-0.4, -0.2) is 42.7 Å². The first kappa shape index (κ1) is 13.1. The van der Waals surface area contributed by atoms with Gasteiger partial charge in [0.2, 0.25) is 0 Å². The van der Waals surface area contributed by atoms with Crippen LogP contribution in [0.2, 0.25) is 0 Å². The Bertz CT molecular complexity index is 379. The Kier molecular flexibility index (Phi) is 4.81. The molecule has 1 aliphatic rings. The molecule has 0 aromatic heterocycles. The van der Waals surface area contributed by atoms with Gasteiger partial charge >= 0.3 is 0 Å². The molecule has 1 aromatic rings. The van der Waals surface area contributed by atoms with E-state index in [1.165, 1.54) is 0 Å². The van der Waals surface area contributed by atoms with Crippen molar-refractivity contribution in [2.45, 2.75) is 19.0 Å². The van der Waals surface area contributed by atoms with Gasteiger partial charge in [-0.15, -0.1) is 0 Å². The fourth-order valence-corrected chi connectivity index (χ4v) is 1.83. The summed E-state index contributed by atoms with van der Waals surface area (Å²) in [5.41, 5.74) is 0.973. The van der Waals surface area contributed by atoms with Crippen LogP contribution in [0.4, 0.5) is 0 Å². The normalized spacial score (nSPS) is 14.6. The maximum Gasteiger partial charge on any atom is 0.165 e. The number of aliphatic hydroxyl groups excluding tert-OH is 2. The van der Waals surface area contributed by atoms with Crippen LogP contribution in [0.25, 0.3) is 0 Å². The Morgan fingerprint density at radius 2 is 1.94 bits per heavy atom. The summed E-state index contributed by atoms with van der Waals surface area (Å²) in [7, 11) is 0. The molecule has 3 N–H and O–H groups in total. The van der Waals surface area contributed by atoms with E-state index in [-0.39, 0.29) is 19.3 Å². The summed E-state index contributed by atoms with van der Waals surface area (Å²) in [6.07, 6.45) is 0.872. The second-order valence-electron chi connectivity index (χ2n) is 4.24.